The Bertz CT molecular complexity index is 431. The molecule has 1 unspecified atom stereocenters. The number of thiophene rings is 1. The average molecular weight is 395 g/mol. The van der Waals surface area contributed by atoms with E-state index in [-0.39, 0.29) is 6.04 Å². The number of allylic oxidation sites excluding steroid dienone is 1. The first-order valence-electron chi connectivity index (χ1n) is 6.23. The highest BCUT2D eigenvalue weighted by atomic mass is 79.9. The van der Waals surface area contributed by atoms with E-state index in [0.29, 0.717) is 0 Å². The van der Waals surface area contributed by atoms with Crippen LogP contribution in [-0.4, -0.2) is 13.2 Å². The number of hydrogen-bond donors (Lipinski definition) is 1. The van der Waals surface area contributed by atoms with Crippen LogP contribution in [-0.2, 0) is 4.74 Å². The second kappa shape index (κ2) is 7.08. The zero-order chi connectivity index (χ0) is 13.0. The Kier molecular flexibility index (Phi) is 5.73. The van der Waals surface area contributed by atoms with Crippen molar-refractivity contribution in [2.24, 2.45) is 0 Å². The van der Waals surface area contributed by atoms with E-state index < -0.39 is 0 Å². The topological polar surface area (TPSA) is 21.3 Å². The number of halogens is 2. The molecule has 1 N–H and O–H groups in total. The molecule has 18 heavy (non-hydrogen) atoms. The molecule has 2 rings (SSSR count). The molecule has 0 amide bonds. The normalized spacial score (nSPS) is 17.2. The molecular formula is C13H17Br2NOS. The Balaban J connectivity index is 2.23. The van der Waals surface area contributed by atoms with Crippen LogP contribution in [0.5, 0.6) is 0 Å². The molecular weight excluding hydrogens is 378 g/mol. The molecule has 1 aliphatic heterocycles. The van der Waals surface area contributed by atoms with E-state index in [9.17, 15) is 0 Å². The minimum absolute atomic E-state index is 0.169. The summed E-state index contributed by atoms with van der Waals surface area (Å²) in [6, 6.07) is 2.34. The molecule has 1 aromatic heterocycles. The van der Waals surface area contributed by atoms with Crippen LogP contribution in [0.15, 0.2) is 25.5 Å². The molecule has 0 aliphatic carbocycles. The maximum atomic E-state index is 5.82. The van der Waals surface area contributed by atoms with Crippen LogP contribution in [0.4, 0.5) is 0 Å². The Labute approximate surface area is 129 Å². The van der Waals surface area contributed by atoms with Gasteiger partial charge in [-0.05, 0) is 69.8 Å². The van der Waals surface area contributed by atoms with Gasteiger partial charge in [-0.2, -0.15) is 0 Å². The first-order chi connectivity index (χ1) is 8.72. The maximum Gasteiger partial charge on any atom is 0.113 e. The van der Waals surface area contributed by atoms with Gasteiger partial charge in [-0.25, -0.2) is 0 Å². The fourth-order valence-corrected chi connectivity index (χ4v) is 4.88. The quantitative estimate of drug-likeness (QED) is 0.757. The van der Waals surface area contributed by atoms with Crippen LogP contribution in [0.25, 0.3) is 0 Å². The van der Waals surface area contributed by atoms with Crippen molar-refractivity contribution >= 4 is 43.2 Å². The van der Waals surface area contributed by atoms with Gasteiger partial charge in [0.1, 0.15) is 5.76 Å². The van der Waals surface area contributed by atoms with Gasteiger partial charge in [0.25, 0.3) is 0 Å². The third kappa shape index (κ3) is 3.59. The van der Waals surface area contributed by atoms with E-state index in [2.05, 4.69) is 56.2 Å². The molecule has 0 saturated heterocycles. The fraction of sp³-hybridized carbons (Fsp3) is 0.538. The van der Waals surface area contributed by atoms with E-state index in [4.69, 9.17) is 4.74 Å². The lowest BCUT2D eigenvalue weighted by molar-refractivity contribution is 0.167. The molecule has 0 saturated carbocycles. The van der Waals surface area contributed by atoms with Crippen molar-refractivity contribution in [3.63, 3.8) is 0 Å². The summed E-state index contributed by atoms with van der Waals surface area (Å²) in [6.45, 7) is 4.00. The van der Waals surface area contributed by atoms with Crippen LogP contribution in [0.2, 0.25) is 0 Å². The summed E-state index contributed by atoms with van der Waals surface area (Å²) < 4.78 is 8.13. The summed E-state index contributed by atoms with van der Waals surface area (Å²) in [6.07, 6.45) is 5.57. The SMILES string of the molecule is CCCNC(C1=CCCCO1)c1cc(Br)sc1Br. The highest BCUT2D eigenvalue weighted by Crippen LogP contribution is 2.38. The second-order valence-electron chi connectivity index (χ2n) is 4.26. The molecule has 0 spiro atoms. The monoisotopic (exact) mass is 393 g/mol. The summed E-state index contributed by atoms with van der Waals surface area (Å²) in [7, 11) is 0. The summed E-state index contributed by atoms with van der Waals surface area (Å²) in [5.41, 5.74) is 1.26. The zero-order valence-corrected chi connectivity index (χ0v) is 14.3. The minimum Gasteiger partial charge on any atom is -0.496 e. The summed E-state index contributed by atoms with van der Waals surface area (Å²) in [4.78, 5) is 0. The first-order valence-corrected chi connectivity index (χ1v) is 8.63. The predicted octanol–water partition coefficient (Wildman–Crippen LogP) is 5.01. The molecule has 0 bridgehead atoms. The molecule has 2 nitrogen and oxygen atoms in total. The van der Waals surface area contributed by atoms with Crippen molar-refractivity contribution in [3.8, 4) is 0 Å². The van der Waals surface area contributed by atoms with Gasteiger partial charge in [-0.15, -0.1) is 11.3 Å². The van der Waals surface area contributed by atoms with E-state index in [1.54, 1.807) is 11.3 Å². The van der Waals surface area contributed by atoms with E-state index in [1.807, 2.05) is 0 Å². The molecule has 0 aromatic carbocycles. The van der Waals surface area contributed by atoms with Crippen LogP contribution >= 0.6 is 43.2 Å². The molecule has 5 heteroatoms. The van der Waals surface area contributed by atoms with Crippen LogP contribution in [0, 0.1) is 0 Å². The van der Waals surface area contributed by atoms with Gasteiger partial charge >= 0.3 is 0 Å². The number of hydrogen-bond acceptors (Lipinski definition) is 3. The molecule has 1 atom stereocenters. The Hall–Kier alpha value is 0.160. The zero-order valence-electron chi connectivity index (χ0n) is 10.3. The Morgan fingerprint density at radius 1 is 1.50 bits per heavy atom. The lowest BCUT2D eigenvalue weighted by Crippen LogP contribution is -2.26. The van der Waals surface area contributed by atoms with Crippen LogP contribution in [0.3, 0.4) is 0 Å². The van der Waals surface area contributed by atoms with Crippen LogP contribution < -0.4 is 5.32 Å². The molecule has 1 aliphatic rings. The van der Waals surface area contributed by atoms with Crippen molar-refractivity contribution in [3.05, 3.63) is 31.0 Å². The molecule has 100 valence electrons. The largest absolute Gasteiger partial charge is 0.496 e. The Morgan fingerprint density at radius 2 is 2.33 bits per heavy atom. The van der Waals surface area contributed by atoms with Gasteiger partial charge in [0.15, 0.2) is 0 Å². The number of rotatable bonds is 5. The van der Waals surface area contributed by atoms with Crippen LogP contribution in [0.1, 0.15) is 37.8 Å². The van der Waals surface area contributed by atoms with Crippen molar-refractivity contribution in [2.45, 2.75) is 32.2 Å². The lowest BCUT2D eigenvalue weighted by atomic mass is 10.1. The summed E-state index contributed by atoms with van der Waals surface area (Å²) in [5.74, 6) is 1.07. The summed E-state index contributed by atoms with van der Waals surface area (Å²) >= 11 is 8.89. The van der Waals surface area contributed by atoms with Gasteiger partial charge in [0.2, 0.25) is 0 Å². The van der Waals surface area contributed by atoms with Gasteiger partial charge in [-0.1, -0.05) is 6.92 Å². The highest BCUT2D eigenvalue weighted by Gasteiger charge is 2.23. The Morgan fingerprint density at radius 3 is 2.89 bits per heavy atom. The molecule has 0 fully saturated rings. The third-order valence-corrected chi connectivity index (χ3v) is 5.23. The molecule has 1 aromatic rings. The maximum absolute atomic E-state index is 5.82. The van der Waals surface area contributed by atoms with Crippen molar-refractivity contribution in [1.82, 2.24) is 5.32 Å². The average Bonchev–Trinajstić information content (AvgIpc) is 2.70. The molecule has 0 radical (unpaired) electrons. The van der Waals surface area contributed by atoms with E-state index >= 15 is 0 Å². The van der Waals surface area contributed by atoms with Gasteiger partial charge in [0, 0.05) is 5.56 Å². The predicted molar refractivity (Wildman–Crippen MR) is 84.0 cm³/mol. The fourth-order valence-electron chi connectivity index (χ4n) is 1.98. The van der Waals surface area contributed by atoms with E-state index in [0.717, 1.165) is 45.7 Å². The number of ether oxygens (including phenoxy) is 1. The first kappa shape index (κ1) is 14.6. The standard InChI is InChI=1S/C13H17Br2NOS/c1-2-6-16-12(10-5-3-4-7-17-10)9-8-11(14)18-13(9)15/h5,8,12,16H,2-4,6-7H2,1H3. The third-order valence-electron chi connectivity index (χ3n) is 2.84. The molecule has 2 heterocycles. The summed E-state index contributed by atoms with van der Waals surface area (Å²) in [5, 5.41) is 3.57. The minimum atomic E-state index is 0.169. The lowest BCUT2D eigenvalue weighted by Gasteiger charge is -2.24. The van der Waals surface area contributed by atoms with Gasteiger partial charge < -0.3 is 10.1 Å². The van der Waals surface area contributed by atoms with Crippen molar-refractivity contribution in [2.75, 3.05) is 13.2 Å². The highest BCUT2D eigenvalue weighted by molar-refractivity contribution is 9.12. The van der Waals surface area contributed by atoms with E-state index in [1.165, 1.54) is 5.56 Å². The second-order valence-corrected chi connectivity index (χ2v) is 8.01. The van der Waals surface area contributed by atoms with Gasteiger partial charge in [0.05, 0.1) is 20.2 Å². The van der Waals surface area contributed by atoms with Crippen molar-refractivity contribution in [1.29, 1.82) is 0 Å². The number of nitrogens with one attached hydrogen (secondary N) is 1. The smallest absolute Gasteiger partial charge is 0.113 e. The van der Waals surface area contributed by atoms with Crippen molar-refractivity contribution < 1.29 is 4.74 Å². The van der Waals surface area contributed by atoms with Gasteiger partial charge in [-0.3, -0.25) is 0 Å².